The third-order valence-corrected chi connectivity index (χ3v) is 2.66. The summed E-state index contributed by atoms with van der Waals surface area (Å²) in [5.41, 5.74) is 2.58. The maximum absolute atomic E-state index is 11.5. The van der Waals surface area contributed by atoms with E-state index in [1.165, 1.54) is 11.1 Å². The number of rotatable bonds is 1. The van der Waals surface area contributed by atoms with E-state index in [0.29, 0.717) is 13.2 Å². The lowest BCUT2D eigenvalue weighted by Gasteiger charge is -2.27. The van der Waals surface area contributed by atoms with E-state index in [9.17, 15) is 4.79 Å². The second-order valence-corrected chi connectivity index (χ2v) is 3.64. The van der Waals surface area contributed by atoms with Crippen LogP contribution in [0.15, 0.2) is 24.3 Å². The quantitative estimate of drug-likeness (QED) is 0.703. The molecule has 0 bridgehead atoms. The maximum atomic E-state index is 11.5. The average Bonchev–Trinajstić information content (AvgIpc) is 2.29. The van der Waals surface area contributed by atoms with E-state index in [1.807, 2.05) is 19.1 Å². The molecule has 1 heterocycles. The van der Waals surface area contributed by atoms with E-state index in [1.54, 1.807) is 4.90 Å². The predicted molar refractivity (Wildman–Crippen MR) is 57.6 cm³/mol. The first-order valence-electron chi connectivity index (χ1n) is 5.29. The third kappa shape index (κ3) is 2.12. The minimum atomic E-state index is -0.202. The van der Waals surface area contributed by atoms with Gasteiger partial charge in [-0.05, 0) is 24.5 Å². The van der Waals surface area contributed by atoms with Gasteiger partial charge in [-0.25, -0.2) is 4.79 Å². The van der Waals surface area contributed by atoms with Gasteiger partial charge in [0.1, 0.15) is 0 Å². The fourth-order valence-corrected chi connectivity index (χ4v) is 1.87. The molecule has 0 spiro atoms. The molecule has 15 heavy (non-hydrogen) atoms. The van der Waals surface area contributed by atoms with Gasteiger partial charge in [0.2, 0.25) is 0 Å². The van der Waals surface area contributed by atoms with Gasteiger partial charge in [-0.2, -0.15) is 0 Å². The van der Waals surface area contributed by atoms with E-state index in [0.717, 1.165) is 13.0 Å². The van der Waals surface area contributed by atoms with Gasteiger partial charge in [0, 0.05) is 13.1 Å². The first kappa shape index (κ1) is 10.0. The van der Waals surface area contributed by atoms with Crippen LogP contribution < -0.4 is 0 Å². The standard InChI is InChI=1S/C12H15NO2/c1-2-15-12(14)13-8-7-10-5-3-4-6-11(10)9-13/h3-6H,2,7-9H2,1H3. The summed E-state index contributed by atoms with van der Waals surface area (Å²) in [5, 5.41) is 0. The monoisotopic (exact) mass is 205 g/mol. The zero-order chi connectivity index (χ0) is 10.7. The summed E-state index contributed by atoms with van der Waals surface area (Å²) >= 11 is 0. The third-order valence-electron chi connectivity index (χ3n) is 2.66. The molecule has 3 nitrogen and oxygen atoms in total. The molecule has 1 aliphatic rings. The van der Waals surface area contributed by atoms with Crippen molar-refractivity contribution in [2.24, 2.45) is 0 Å². The number of carbonyl (C=O) groups excluding carboxylic acids is 1. The van der Waals surface area contributed by atoms with Gasteiger partial charge in [0.25, 0.3) is 0 Å². The Labute approximate surface area is 89.7 Å². The molecule has 0 aromatic heterocycles. The van der Waals surface area contributed by atoms with Crippen LogP contribution in [0.3, 0.4) is 0 Å². The predicted octanol–water partition coefficient (Wildman–Crippen LogP) is 2.20. The van der Waals surface area contributed by atoms with E-state index in [2.05, 4.69) is 12.1 Å². The zero-order valence-electron chi connectivity index (χ0n) is 8.90. The Balaban J connectivity index is 2.08. The van der Waals surface area contributed by atoms with Crippen molar-refractivity contribution in [3.8, 4) is 0 Å². The van der Waals surface area contributed by atoms with Crippen LogP contribution >= 0.6 is 0 Å². The van der Waals surface area contributed by atoms with Crippen molar-refractivity contribution >= 4 is 6.09 Å². The van der Waals surface area contributed by atoms with Crippen molar-refractivity contribution in [2.75, 3.05) is 13.2 Å². The molecule has 0 saturated heterocycles. The molecule has 1 aliphatic heterocycles. The Morgan fingerprint density at radius 3 is 2.87 bits per heavy atom. The molecule has 2 rings (SSSR count). The van der Waals surface area contributed by atoms with Crippen LogP contribution in [0.5, 0.6) is 0 Å². The Morgan fingerprint density at radius 1 is 1.40 bits per heavy atom. The van der Waals surface area contributed by atoms with Crippen LogP contribution in [0.25, 0.3) is 0 Å². The molecular formula is C12H15NO2. The normalized spacial score (nSPS) is 14.6. The smallest absolute Gasteiger partial charge is 0.410 e. The van der Waals surface area contributed by atoms with Gasteiger partial charge < -0.3 is 9.64 Å². The Hall–Kier alpha value is -1.51. The molecule has 1 amide bonds. The van der Waals surface area contributed by atoms with Crippen LogP contribution in [0, 0.1) is 0 Å². The Kier molecular flexibility index (Phi) is 2.90. The van der Waals surface area contributed by atoms with Crippen molar-refractivity contribution in [1.82, 2.24) is 4.90 Å². The van der Waals surface area contributed by atoms with Crippen LogP contribution in [0.1, 0.15) is 18.1 Å². The summed E-state index contributed by atoms with van der Waals surface area (Å²) in [6.07, 6.45) is 0.724. The molecule has 3 heteroatoms. The van der Waals surface area contributed by atoms with Crippen molar-refractivity contribution in [3.63, 3.8) is 0 Å². The van der Waals surface area contributed by atoms with Crippen molar-refractivity contribution in [3.05, 3.63) is 35.4 Å². The minimum absolute atomic E-state index is 0.202. The Morgan fingerprint density at radius 2 is 2.13 bits per heavy atom. The van der Waals surface area contributed by atoms with Crippen LogP contribution in [-0.2, 0) is 17.7 Å². The molecule has 0 unspecified atom stereocenters. The van der Waals surface area contributed by atoms with Crippen LogP contribution in [-0.4, -0.2) is 24.1 Å². The number of benzene rings is 1. The summed E-state index contributed by atoms with van der Waals surface area (Å²) in [6.45, 7) is 3.71. The van der Waals surface area contributed by atoms with Crippen LogP contribution in [0.2, 0.25) is 0 Å². The first-order valence-corrected chi connectivity index (χ1v) is 5.29. The molecule has 0 saturated carbocycles. The van der Waals surface area contributed by atoms with Gasteiger partial charge >= 0.3 is 6.09 Å². The molecule has 0 atom stereocenters. The molecule has 0 N–H and O–H groups in total. The number of hydrogen-bond acceptors (Lipinski definition) is 2. The highest BCUT2D eigenvalue weighted by Gasteiger charge is 2.20. The van der Waals surface area contributed by atoms with Crippen molar-refractivity contribution in [1.29, 1.82) is 0 Å². The fourth-order valence-electron chi connectivity index (χ4n) is 1.87. The SMILES string of the molecule is CCOC(=O)N1CCc2ccccc2C1. The molecule has 0 fully saturated rings. The van der Waals surface area contributed by atoms with E-state index in [-0.39, 0.29) is 6.09 Å². The molecular weight excluding hydrogens is 190 g/mol. The van der Waals surface area contributed by atoms with Gasteiger partial charge in [-0.1, -0.05) is 24.3 Å². The number of amides is 1. The average molecular weight is 205 g/mol. The first-order chi connectivity index (χ1) is 7.31. The summed E-state index contributed by atoms with van der Waals surface area (Å²) in [6, 6.07) is 8.24. The summed E-state index contributed by atoms with van der Waals surface area (Å²) in [4.78, 5) is 13.3. The van der Waals surface area contributed by atoms with Gasteiger partial charge in [0.05, 0.1) is 6.61 Å². The highest BCUT2D eigenvalue weighted by molar-refractivity contribution is 5.68. The van der Waals surface area contributed by atoms with Crippen molar-refractivity contribution in [2.45, 2.75) is 19.9 Å². The lowest BCUT2D eigenvalue weighted by molar-refractivity contribution is 0.102. The van der Waals surface area contributed by atoms with E-state index < -0.39 is 0 Å². The largest absolute Gasteiger partial charge is 0.450 e. The minimum Gasteiger partial charge on any atom is -0.450 e. The van der Waals surface area contributed by atoms with Crippen molar-refractivity contribution < 1.29 is 9.53 Å². The van der Waals surface area contributed by atoms with Gasteiger partial charge in [0.15, 0.2) is 0 Å². The number of hydrogen-bond donors (Lipinski definition) is 0. The van der Waals surface area contributed by atoms with E-state index in [4.69, 9.17) is 4.74 Å². The summed E-state index contributed by atoms with van der Waals surface area (Å²) < 4.78 is 4.98. The summed E-state index contributed by atoms with van der Waals surface area (Å²) in [7, 11) is 0. The molecule has 0 radical (unpaired) electrons. The lowest BCUT2D eigenvalue weighted by atomic mass is 10.0. The zero-order valence-corrected chi connectivity index (χ0v) is 8.90. The molecule has 0 aliphatic carbocycles. The second-order valence-electron chi connectivity index (χ2n) is 3.64. The topological polar surface area (TPSA) is 29.5 Å². The van der Waals surface area contributed by atoms with Gasteiger partial charge in [-0.15, -0.1) is 0 Å². The number of carbonyl (C=O) groups is 1. The maximum Gasteiger partial charge on any atom is 0.410 e. The highest BCUT2D eigenvalue weighted by atomic mass is 16.6. The molecule has 80 valence electrons. The highest BCUT2D eigenvalue weighted by Crippen LogP contribution is 2.18. The lowest BCUT2D eigenvalue weighted by Crippen LogP contribution is -2.36. The molecule has 1 aromatic carbocycles. The fraction of sp³-hybridized carbons (Fsp3) is 0.417. The second kappa shape index (κ2) is 4.34. The number of fused-ring (bicyclic) bond motifs is 1. The van der Waals surface area contributed by atoms with Crippen LogP contribution in [0.4, 0.5) is 4.79 Å². The van der Waals surface area contributed by atoms with E-state index >= 15 is 0 Å². The number of ether oxygens (including phenoxy) is 1. The summed E-state index contributed by atoms with van der Waals surface area (Å²) in [5.74, 6) is 0. The Bertz CT molecular complexity index is 362. The van der Waals surface area contributed by atoms with Gasteiger partial charge in [-0.3, -0.25) is 0 Å². The number of nitrogens with zero attached hydrogens (tertiary/aromatic N) is 1. The molecule has 1 aromatic rings.